The van der Waals surface area contributed by atoms with E-state index < -0.39 is 6.36 Å². The Labute approximate surface area is 110 Å². The van der Waals surface area contributed by atoms with Crippen LogP contribution in [0.2, 0.25) is 0 Å². The predicted molar refractivity (Wildman–Crippen MR) is 66.3 cm³/mol. The number of para-hydroxylation sites is 1. The Morgan fingerprint density at radius 2 is 1.50 bits per heavy atom. The molecule has 5 heteroatoms. The highest BCUT2D eigenvalue weighted by Crippen LogP contribution is 2.33. The lowest BCUT2D eigenvalue weighted by molar-refractivity contribution is -0.274. The summed E-state index contributed by atoms with van der Waals surface area (Å²) in [5, 5.41) is 0. The van der Waals surface area contributed by atoms with E-state index in [1.807, 2.05) is 0 Å². The van der Waals surface area contributed by atoms with Gasteiger partial charge in [0.25, 0.3) is 0 Å². The minimum atomic E-state index is -4.69. The van der Waals surface area contributed by atoms with Gasteiger partial charge in [-0.2, -0.15) is 0 Å². The Kier molecular flexibility index (Phi) is 3.61. The van der Waals surface area contributed by atoms with E-state index in [0.717, 1.165) is 4.47 Å². The Balaban J connectivity index is 2.41. The lowest BCUT2D eigenvalue weighted by atomic mass is 10.1. The van der Waals surface area contributed by atoms with Crippen LogP contribution in [0.15, 0.2) is 53.0 Å². The standard InChI is InChI=1S/C13H8BrF3O/c14-10-7-5-9(6-8-10)11-3-1-2-4-12(11)18-13(15,16)17/h1-8H. The van der Waals surface area contributed by atoms with Gasteiger partial charge in [-0.15, -0.1) is 13.2 Å². The lowest BCUT2D eigenvalue weighted by Gasteiger charge is -2.13. The van der Waals surface area contributed by atoms with Crippen LogP contribution < -0.4 is 4.74 Å². The van der Waals surface area contributed by atoms with E-state index in [1.165, 1.54) is 12.1 Å². The summed E-state index contributed by atoms with van der Waals surface area (Å²) in [6, 6.07) is 13.0. The first-order valence-electron chi connectivity index (χ1n) is 5.06. The minimum absolute atomic E-state index is 0.202. The molecule has 0 spiro atoms. The molecule has 0 amide bonds. The molecule has 0 aromatic heterocycles. The second kappa shape index (κ2) is 5.02. The first-order chi connectivity index (χ1) is 8.46. The molecule has 94 valence electrons. The number of halogens is 4. The van der Waals surface area contributed by atoms with Gasteiger partial charge in [0.2, 0.25) is 0 Å². The molecule has 18 heavy (non-hydrogen) atoms. The fourth-order valence-corrected chi connectivity index (χ4v) is 1.81. The average molecular weight is 317 g/mol. The third-order valence-electron chi connectivity index (χ3n) is 2.27. The first-order valence-corrected chi connectivity index (χ1v) is 5.86. The van der Waals surface area contributed by atoms with E-state index in [1.54, 1.807) is 36.4 Å². The normalized spacial score (nSPS) is 11.3. The van der Waals surface area contributed by atoms with Crippen LogP contribution in [-0.2, 0) is 0 Å². The van der Waals surface area contributed by atoms with Gasteiger partial charge in [-0.25, -0.2) is 0 Å². The van der Waals surface area contributed by atoms with E-state index in [4.69, 9.17) is 0 Å². The summed E-state index contributed by atoms with van der Waals surface area (Å²) in [7, 11) is 0. The van der Waals surface area contributed by atoms with Gasteiger partial charge >= 0.3 is 6.36 Å². The smallest absolute Gasteiger partial charge is 0.405 e. The predicted octanol–water partition coefficient (Wildman–Crippen LogP) is 5.01. The second-order valence-electron chi connectivity index (χ2n) is 3.55. The Hall–Kier alpha value is -1.49. The van der Waals surface area contributed by atoms with Gasteiger partial charge in [0, 0.05) is 10.0 Å². The van der Waals surface area contributed by atoms with Crippen molar-refractivity contribution in [3.8, 4) is 16.9 Å². The molecule has 2 aromatic rings. The van der Waals surface area contributed by atoms with E-state index in [-0.39, 0.29) is 5.75 Å². The van der Waals surface area contributed by atoms with Crippen molar-refractivity contribution in [2.45, 2.75) is 6.36 Å². The van der Waals surface area contributed by atoms with Crippen molar-refractivity contribution in [1.82, 2.24) is 0 Å². The molecule has 2 rings (SSSR count). The Morgan fingerprint density at radius 3 is 2.11 bits per heavy atom. The largest absolute Gasteiger partial charge is 0.573 e. The molecule has 0 radical (unpaired) electrons. The zero-order chi connectivity index (χ0) is 13.2. The highest BCUT2D eigenvalue weighted by molar-refractivity contribution is 9.10. The quantitative estimate of drug-likeness (QED) is 0.756. The molecule has 0 atom stereocenters. The summed E-state index contributed by atoms with van der Waals surface area (Å²) < 4.78 is 41.7. The van der Waals surface area contributed by atoms with Crippen molar-refractivity contribution in [2.24, 2.45) is 0 Å². The van der Waals surface area contributed by atoms with E-state index in [0.29, 0.717) is 11.1 Å². The van der Waals surface area contributed by atoms with Crippen LogP contribution in [0.25, 0.3) is 11.1 Å². The van der Waals surface area contributed by atoms with Crippen molar-refractivity contribution in [2.75, 3.05) is 0 Å². The van der Waals surface area contributed by atoms with Crippen LogP contribution in [0.4, 0.5) is 13.2 Å². The summed E-state index contributed by atoms with van der Waals surface area (Å²) in [6.07, 6.45) is -4.69. The van der Waals surface area contributed by atoms with Gasteiger partial charge in [0.05, 0.1) is 0 Å². The molecule has 0 N–H and O–H groups in total. The van der Waals surface area contributed by atoms with Crippen molar-refractivity contribution in [3.63, 3.8) is 0 Å². The van der Waals surface area contributed by atoms with E-state index >= 15 is 0 Å². The fourth-order valence-electron chi connectivity index (χ4n) is 1.55. The Morgan fingerprint density at radius 1 is 0.889 bits per heavy atom. The van der Waals surface area contributed by atoms with E-state index in [9.17, 15) is 13.2 Å². The third kappa shape index (κ3) is 3.26. The van der Waals surface area contributed by atoms with Gasteiger partial charge in [-0.05, 0) is 23.8 Å². The second-order valence-corrected chi connectivity index (χ2v) is 4.47. The van der Waals surface area contributed by atoms with E-state index in [2.05, 4.69) is 20.7 Å². The van der Waals surface area contributed by atoms with Gasteiger partial charge < -0.3 is 4.74 Å². The first kappa shape index (κ1) is 13.0. The number of hydrogen-bond donors (Lipinski definition) is 0. The summed E-state index contributed by atoms with van der Waals surface area (Å²) in [4.78, 5) is 0. The topological polar surface area (TPSA) is 9.23 Å². The van der Waals surface area contributed by atoms with Gasteiger partial charge in [0.15, 0.2) is 0 Å². The van der Waals surface area contributed by atoms with Crippen molar-refractivity contribution in [3.05, 3.63) is 53.0 Å². The fraction of sp³-hybridized carbons (Fsp3) is 0.0769. The third-order valence-corrected chi connectivity index (χ3v) is 2.80. The zero-order valence-corrected chi connectivity index (χ0v) is 10.6. The molecule has 0 aliphatic carbocycles. The minimum Gasteiger partial charge on any atom is -0.405 e. The Bertz CT molecular complexity index is 535. The van der Waals surface area contributed by atoms with Crippen molar-refractivity contribution in [1.29, 1.82) is 0 Å². The molecule has 0 bridgehead atoms. The summed E-state index contributed by atoms with van der Waals surface area (Å²) in [6.45, 7) is 0. The monoisotopic (exact) mass is 316 g/mol. The SMILES string of the molecule is FC(F)(F)Oc1ccccc1-c1ccc(Br)cc1. The summed E-state index contributed by atoms with van der Waals surface area (Å²) >= 11 is 3.27. The van der Waals surface area contributed by atoms with Crippen LogP contribution >= 0.6 is 15.9 Å². The lowest BCUT2D eigenvalue weighted by Crippen LogP contribution is -2.17. The van der Waals surface area contributed by atoms with Gasteiger partial charge in [-0.1, -0.05) is 46.3 Å². The van der Waals surface area contributed by atoms with Crippen LogP contribution in [0, 0.1) is 0 Å². The van der Waals surface area contributed by atoms with Crippen LogP contribution in [0.5, 0.6) is 5.75 Å². The maximum Gasteiger partial charge on any atom is 0.573 e. The van der Waals surface area contributed by atoms with Crippen LogP contribution in [0.3, 0.4) is 0 Å². The maximum atomic E-state index is 12.3. The number of ether oxygens (including phenoxy) is 1. The highest BCUT2D eigenvalue weighted by atomic mass is 79.9. The molecule has 0 heterocycles. The van der Waals surface area contributed by atoms with Crippen molar-refractivity contribution < 1.29 is 17.9 Å². The molecule has 0 fully saturated rings. The van der Waals surface area contributed by atoms with Crippen molar-refractivity contribution >= 4 is 15.9 Å². The average Bonchev–Trinajstić information content (AvgIpc) is 2.29. The molecule has 0 saturated heterocycles. The number of benzene rings is 2. The molecule has 2 aromatic carbocycles. The van der Waals surface area contributed by atoms with Crippen LogP contribution in [0.1, 0.15) is 0 Å². The van der Waals surface area contributed by atoms with Gasteiger partial charge in [0.1, 0.15) is 5.75 Å². The van der Waals surface area contributed by atoms with Gasteiger partial charge in [-0.3, -0.25) is 0 Å². The summed E-state index contributed by atoms with van der Waals surface area (Å²) in [5.41, 5.74) is 1.07. The van der Waals surface area contributed by atoms with Crippen LogP contribution in [-0.4, -0.2) is 6.36 Å². The number of rotatable bonds is 2. The molecule has 0 aliphatic heterocycles. The zero-order valence-electron chi connectivity index (χ0n) is 9.04. The summed E-state index contributed by atoms with van der Waals surface area (Å²) in [5.74, 6) is -0.202. The molecule has 0 unspecified atom stereocenters. The molecular formula is C13H8BrF3O. The highest BCUT2D eigenvalue weighted by Gasteiger charge is 2.32. The molecule has 1 nitrogen and oxygen atoms in total. The number of hydrogen-bond acceptors (Lipinski definition) is 1. The maximum absolute atomic E-state index is 12.3. The molecule has 0 aliphatic rings. The molecule has 0 saturated carbocycles. The molecular weight excluding hydrogens is 309 g/mol. The number of alkyl halides is 3.